The third kappa shape index (κ3) is 3.00. The number of carboxylic acids is 1. The van der Waals surface area contributed by atoms with Crippen molar-refractivity contribution < 1.29 is 9.90 Å². The lowest BCUT2D eigenvalue weighted by Gasteiger charge is -2.11. The number of hydrogen-bond acceptors (Lipinski definition) is 4. The van der Waals surface area contributed by atoms with Crippen molar-refractivity contribution >= 4 is 34.8 Å². The van der Waals surface area contributed by atoms with Crippen LogP contribution in [0.2, 0.25) is 0 Å². The number of carboxylic acid groups (broad SMARTS) is 1. The lowest BCUT2D eigenvalue weighted by Crippen LogP contribution is -2.03. The van der Waals surface area contributed by atoms with Gasteiger partial charge in [-0.05, 0) is 36.6 Å². The van der Waals surface area contributed by atoms with Crippen LogP contribution in [0.5, 0.6) is 0 Å². The van der Waals surface area contributed by atoms with E-state index in [1.807, 2.05) is 30.5 Å². The maximum Gasteiger partial charge on any atom is 0.337 e. The highest BCUT2D eigenvalue weighted by Gasteiger charge is 2.09. The molecule has 0 atom stereocenters. The molecule has 0 amide bonds. The Labute approximate surface area is 115 Å². The molecule has 0 saturated heterocycles. The lowest BCUT2D eigenvalue weighted by molar-refractivity contribution is 0.0698. The molecule has 2 rings (SSSR count). The molecule has 0 saturated carbocycles. The molecule has 0 aliphatic heterocycles. The van der Waals surface area contributed by atoms with Gasteiger partial charge in [-0.1, -0.05) is 12.1 Å². The summed E-state index contributed by atoms with van der Waals surface area (Å²) < 4.78 is 0. The van der Waals surface area contributed by atoms with Crippen LogP contribution in [-0.4, -0.2) is 17.3 Å². The number of benzene rings is 2. The second-order valence-electron chi connectivity index (χ2n) is 3.93. The molecule has 19 heavy (non-hydrogen) atoms. The molecule has 0 radical (unpaired) electrons. The van der Waals surface area contributed by atoms with Gasteiger partial charge in [-0.3, -0.25) is 0 Å². The van der Waals surface area contributed by atoms with Gasteiger partial charge in [0.1, 0.15) is 0 Å². The van der Waals surface area contributed by atoms with Crippen LogP contribution in [0.4, 0.5) is 17.1 Å². The van der Waals surface area contributed by atoms with E-state index in [4.69, 9.17) is 10.8 Å². The van der Waals surface area contributed by atoms with E-state index in [1.165, 1.54) is 6.07 Å². The Morgan fingerprint density at radius 2 is 2.00 bits per heavy atom. The zero-order valence-electron chi connectivity index (χ0n) is 10.4. The highest BCUT2D eigenvalue weighted by molar-refractivity contribution is 7.98. The number of rotatable bonds is 4. The summed E-state index contributed by atoms with van der Waals surface area (Å²) in [6.07, 6.45) is 1.99. The lowest BCUT2D eigenvalue weighted by atomic mass is 10.1. The monoisotopic (exact) mass is 274 g/mol. The molecular formula is C14H14N2O2S. The summed E-state index contributed by atoms with van der Waals surface area (Å²) in [5.74, 6) is -1.03. The molecule has 5 heteroatoms. The minimum atomic E-state index is -1.03. The Kier molecular flexibility index (Phi) is 3.97. The van der Waals surface area contributed by atoms with E-state index in [0.29, 0.717) is 5.69 Å². The standard InChI is InChI=1S/C14H14N2O2S/c1-19-13-5-3-2-4-12(13)16-9-6-7-11(15)10(8-9)14(17)18/h2-8,16H,15H2,1H3,(H,17,18). The fourth-order valence-electron chi connectivity index (χ4n) is 1.72. The first-order chi connectivity index (χ1) is 9.11. The molecule has 0 unspecified atom stereocenters. The summed E-state index contributed by atoms with van der Waals surface area (Å²) in [5.41, 5.74) is 7.63. The molecule has 0 fully saturated rings. The van der Waals surface area contributed by atoms with E-state index in [1.54, 1.807) is 23.9 Å². The third-order valence-electron chi connectivity index (χ3n) is 2.67. The van der Waals surface area contributed by atoms with Gasteiger partial charge in [0.05, 0.1) is 11.3 Å². The maximum absolute atomic E-state index is 11.0. The van der Waals surface area contributed by atoms with Crippen LogP contribution in [-0.2, 0) is 0 Å². The predicted octanol–water partition coefficient (Wildman–Crippen LogP) is 3.43. The molecular weight excluding hydrogens is 260 g/mol. The van der Waals surface area contributed by atoms with Gasteiger partial charge in [-0.25, -0.2) is 4.79 Å². The Morgan fingerprint density at radius 1 is 1.26 bits per heavy atom. The van der Waals surface area contributed by atoms with Gasteiger partial charge in [0.15, 0.2) is 0 Å². The van der Waals surface area contributed by atoms with Gasteiger partial charge in [0, 0.05) is 16.3 Å². The molecule has 0 heterocycles. The molecule has 0 bridgehead atoms. The van der Waals surface area contributed by atoms with Crippen molar-refractivity contribution in [3.05, 3.63) is 48.0 Å². The Bertz CT molecular complexity index is 614. The first kappa shape index (κ1) is 13.3. The summed E-state index contributed by atoms with van der Waals surface area (Å²) in [4.78, 5) is 12.1. The van der Waals surface area contributed by atoms with Gasteiger partial charge in [-0.2, -0.15) is 0 Å². The van der Waals surface area contributed by atoms with E-state index in [9.17, 15) is 4.79 Å². The molecule has 2 aromatic rings. The Morgan fingerprint density at radius 3 is 2.68 bits per heavy atom. The van der Waals surface area contributed by atoms with Crippen LogP contribution in [0.1, 0.15) is 10.4 Å². The molecule has 4 nitrogen and oxygen atoms in total. The van der Waals surface area contributed by atoms with E-state index in [0.717, 1.165) is 10.6 Å². The van der Waals surface area contributed by atoms with Crippen molar-refractivity contribution in [1.29, 1.82) is 0 Å². The van der Waals surface area contributed by atoms with Crippen LogP contribution in [0.15, 0.2) is 47.4 Å². The van der Waals surface area contributed by atoms with Crippen LogP contribution >= 0.6 is 11.8 Å². The van der Waals surface area contributed by atoms with E-state index in [-0.39, 0.29) is 11.3 Å². The molecule has 0 aromatic heterocycles. The highest BCUT2D eigenvalue weighted by atomic mass is 32.2. The van der Waals surface area contributed by atoms with Crippen molar-refractivity contribution in [2.24, 2.45) is 0 Å². The van der Waals surface area contributed by atoms with E-state index in [2.05, 4.69) is 5.32 Å². The van der Waals surface area contributed by atoms with Crippen LogP contribution in [0.25, 0.3) is 0 Å². The number of nitrogen functional groups attached to an aromatic ring is 1. The van der Waals surface area contributed by atoms with Crippen molar-refractivity contribution in [2.75, 3.05) is 17.3 Å². The zero-order chi connectivity index (χ0) is 13.8. The molecule has 4 N–H and O–H groups in total. The number of thioether (sulfide) groups is 1. The molecule has 98 valence electrons. The van der Waals surface area contributed by atoms with Crippen LogP contribution < -0.4 is 11.1 Å². The molecule has 0 aliphatic carbocycles. The first-order valence-electron chi connectivity index (χ1n) is 5.64. The van der Waals surface area contributed by atoms with Gasteiger partial charge < -0.3 is 16.2 Å². The number of nitrogens with one attached hydrogen (secondary N) is 1. The van der Waals surface area contributed by atoms with Gasteiger partial charge in [-0.15, -0.1) is 11.8 Å². The number of para-hydroxylation sites is 1. The summed E-state index contributed by atoms with van der Waals surface area (Å²) in [7, 11) is 0. The zero-order valence-corrected chi connectivity index (χ0v) is 11.2. The first-order valence-corrected chi connectivity index (χ1v) is 6.87. The van der Waals surface area contributed by atoms with Crippen LogP contribution in [0.3, 0.4) is 0 Å². The summed E-state index contributed by atoms with van der Waals surface area (Å²) >= 11 is 1.62. The SMILES string of the molecule is CSc1ccccc1Nc1ccc(N)c(C(=O)O)c1. The van der Waals surface area contributed by atoms with E-state index >= 15 is 0 Å². The average Bonchev–Trinajstić information content (AvgIpc) is 2.41. The summed E-state index contributed by atoms with van der Waals surface area (Å²) in [6, 6.07) is 12.7. The number of carbonyl (C=O) groups is 1. The Balaban J connectivity index is 2.33. The second kappa shape index (κ2) is 5.67. The van der Waals surface area contributed by atoms with Crippen molar-refractivity contribution in [3.63, 3.8) is 0 Å². The second-order valence-corrected chi connectivity index (χ2v) is 4.78. The predicted molar refractivity (Wildman–Crippen MR) is 79.3 cm³/mol. The number of anilines is 3. The van der Waals surface area contributed by atoms with Gasteiger partial charge >= 0.3 is 5.97 Å². The third-order valence-corrected chi connectivity index (χ3v) is 3.47. The highest BCUT2D eigenvalue weighted by Crippen LogP contribution is 2.28. The number of hydrogen-bond donors (Lipinski definition) is 3. The summed E-state index contributed by atoms with van der Waals surface area (Å²) in [5, 5.41) is 12.3. The quantitative estimate of drug-likeness (QED) is 0.588. The molecule has 2 aromatic carbocycles. The smallest absolute Gasteiger partial charge is 0.337 e. The fraction of sp³-hybridized carbons (Fsp3) is 0.0714. The largest absolute Gasteiger partial charge is 0.478 e. The van der Waals surface area contributed by atoms with Crippen molar-refractivity contribution in [1.82, 2.24) is 0 Å². The summed E-state index contributed by atoms with van der Waals surface area (Å²) in [6.45, 7) is 0. The topological polar surface area (TPSA) is 75.3 Å². The van der Waals surface area contributed by atoms with Gasteiger partial charge in [0.25, 0.3) is 0 Å². The average molecular weight is 274 g/mol. The van der Waals surface area contributed by atoms with Crippen molar-refractivity contribution in [2.45, 2.75) is 4.90 Å². The van der Waals surface area contributed by atoms with Crippen LogP contribution in [0, 0.1) is 0 Å². The van der Waals surface area contributed by atoms with Crippen molar-refractivity contribution in [3.8, 4) is 0 Å². The minimum Gasteiger partial charge on any atom is -0.478 e. The van der Waals surface area contributed by atoms with Gasteiger partial charge in [0.2, 0.25) is 0 Å². The Hall–Kier alpha value is -2.14. The maximum atomic E-state index is 11.0. The normalized spacial score (nSPS) is 10.2. The molecule has 0 spiro atoms. The van der Waals surface area contributed by atoms with E-state index < -0.39 is 5.97 Å². The molecule has 0 aliphatic rings. The number of aromatic carboxylic acids is 1. The minimum absolute atomic E-state index is 0.103. The number of nitrogens with two attached hydrogens (primary N) is 1. The fourth-order valence-corrected chi connectivity index (χ4v) is 2.28.